The normalized spacial score (nSPS) is 12.5. The average molecular weight is 529 g/mol. The maximum atomic E-state index is 13.2. The van der Waals surface area contributed by atoms with Crippen LogP contribution in [0.5, 0.6) is 11.5 Å². The van der Waals surface area contributed by atoms with Crippen LogP contribution in [0.2, 0.25) is 11.1 Å². The molecule has 9 heteroatoms. The van der Waals surface area contributed by atoms with Crippen molar-refractivity contribution >= 4 is 36.6 Å². The highest BCUT2D eigenvalue weighted by atomic mass is 28.3. The quantitative estimate of drug-likeness (QED) is 0.293. The lowest BCUT2D eigenvalue weighted by molar-refractivity contribution is -0.143. The molecule has 1 aromatic carbocycles. The van der Waals surface area contributed by atoms with Gasteiger partial charge in [-0.15, -0.1) is 0 Å². The van der Waals surface area contributed by atoms with Crippen LogP contribution in [0.15, 0.2) is 30.6 Å². The second-order valence-electron chi connectivity index (χ2n) is 11.9. The van der Waals surface area contributed by atoms with Gasteiger partial charge in [0.15, 0.2) is 8.07 Å². The van der Waals surface area contributed by atoms with Gasteiger partial charge in [0.05, 0.1) is 23.5 Å². The molecule has 1 aromatic heterocycles. The molecule has 0 bridgehead atoms. The molecule has 0 atom stereocenters. The zero-order chi connectivity index (χ0) is 28.3. The third kappa shape index (κ3) is 6.26. The smallest absolute Gasteiger partial charge is 0.338 e. The Morgan fingerprint density at radius 1 is 0.784 bits per heavy atom. The van der Waals surface area contributed by atoms with Crippen molar-refractivity contribution in [2.75, 3.05) is 7.11 Å². The standard InChI is InChI=1S/C28H40N2O6Si/c1-17(2)37(18(3)4,26-29-13-12-14-30-26)22-20(35-24(32)27(5,6)7)15-19(23(31)34-11)16-21(22)36-25(33)28(8,9)10/h12-18H,1-11H3. The number of aromatic nitrogens is 2. The van der Waals surface area contributed by atoms with Gasteiger partial charge in [0.25, 0.3) is 0 Å². The van der Waals surface area contributed by atoms with Crippen LogP contribution in [-0.2, 0) is 14.3 Å². The Morgan fingerprint density at radius 3 is 1.51 bits per heavy atom. The van der Waals surface area contributed by atoms with E-state index >= 15 is 0 Å². The van der Waals surface area contributed by atoms with Crippen LogP contribution in [0.4, 0.5) is 0 Å². The molecule has 0 spiro atoms. The van der Waals surface area contributed by atoms with Gasteiger partial charge in [-0.3, -0.25) is 9.59 Å². The Morgan fingerprint density at radius 2 is 1.19 bits per heavy atom. The molecule has 1 heterocycles. The average Bonchev–Trinajstić information content (AvgIpc) is 2.79. The maximum absolute atomic E-state index is 13.2. The summed E-state index contributed by atoms with van der Waals surface area (Å²) >= 11 is 0. The van der Waals surface area contributed by atoms with E-state index in [9.17, 15) is 14.4 Å². The maximum Gasteiger partial charge on any atom is 0.338 e. The number of carbonyl (C=O) groups excluding carboxylic acids is 3. The van der Waals surface area contributed by atoms with Crippen molar-refractivity contribution in [3.05, 3.63) is 36.2 Å². The molecule has 0 saturated heterocycles. The fourth-order valence-electron chi connectivity index (χ4n) is 4.29. The summed E-state index contributed by atoms with van der Waals surface area (Å²) in [5.74, 6) is -1.33. The number of benzene rings is 1. The summed E-state index contributed by atoms with van der Waals surface area (Å²) in [5.41, 5.74) is -0.944. The summed E-state index contributed by atoms with van der Waals surface area (Å²) in [6.07, 6.45) is 3.36. The monoisotopic (exact) mass is 528 g/mol. The van der Waals surface area contributed by atoms with Gasteiger partial charge in [0.1, 0.15) is 16.9 Å². The van der Waals surface area contributed by atoms with Crippen LogP contribution in [0.3, 0.4) is 0 Å². The molecule has 0 aliphatic rings. The first-order chi connectivity index (χ1) is 17.0. The fraction of sp³-hybridized carbons (Fsp3) is 0.536. The third-order valence-corrected chi connectivity index (χ3v) is 12.2. The second kappa shape index (κ2) is 11.1. The van der Waals surface area contributed by atoms with E-state index in [2.05, 4.69) is 37.7 Å². The summed E-state index contributed by atoms with van der Waals surface area (Å²) in [6, 6.07) is 4.73. The second-order valence-corrected chi connectivity index (χ2v) is 16.9. The van der Waals surface area contributed by atoms with Crippen molar-refractivity contribution in [1.29, 1.82) is 0 Å². The lowest BCUT2D eigenvalue weighted by atomic mass is 9.97. The van der Waals surface area contributed by atoms with Crippen molar-refractivity contribution in [3.63, 3.8) is 0 Å². The van der Waals surface area contributed by atoms with E-state index in [4.69, 9.17) is 14.2 Å². The lowest BCUT2D eigenvalue weighted by Crippen LogP contribution is -2.65. The number of rotatable bonds is 7. The van der Waals surface area contributed by atoms with Crippen LogP contribution in [0.25, 0.3) is 0 Å². The first-order valence-corrected chi connectivity index (χ1v) is 14.6. The highest BCUT2D eigenvalue weighted by Gasteiger charge is 2.51. The molecule has 0 N–H and O–H groups in total. The Kier molecular flexibility index (Phi) is 9.07. The molecule has 0 unspecified atom stereocenters. The summed E-state index contributed by atoms with van der Waals surface area (Å²) in [5, 5.41) is 0.562. The molecule has 37 heavy (non-hydrogen) atoms. The predicted octanol–water partition coefficient (Wildman–Crippen LogP) is 4.55. The minimum Gasteiger partial charge on any atom is -0.465 e. The Balaban J connectivity index is 3.11. The molecule has 2 aromatic rings. The Labute approximate surface area is 221 Å². The molecule has 0 aliphatic heterocycles. The minimum absolute atomic E-state index is 0.00180. The van der Waals surface area contributed by atoms with Crippen LogP contribution in [-0.4, -0.2) is 43.1 Å². The van der Waals surface area contributed by atoms with E-state index < -0.39 is 36.8 Å². The molecule has 0 amide bonds. The molecule has 2 rings (SSSR count). The molecule has 0 aliphatic carbocycles. The van der Waals surface area contributed by atoms with Gasteiger partial charge in [-0.2, -0.15) is 0 Å². The van der Waals surface area contributed by atoms with Gasteiger partial charge in [0.2, 0.25) is 0 Å². The lowest BCUT2D eigenvalue weighted by Gasteiger charge is -2.40. The first kappa shape index (κ1) is 30.2. The predicted molar refractivity (Wildman–Crippen MR) is 145 cm³/mol. The molecule has 0 saturated carbocycles. The highest BCUT2D eigenvalue weighted by Crippen LogP contribution is 2.38. The van der Waals surface area contributed by atoms with E-state index in [1.165, 1.54) is 19.2 Å². The molecular formula is C28H40N2O6Si. The van der Waals surface area contributed by atoms with Crippen LogP contribution in [0, 0.1) is 10.8 Å². The molecule has 8 nitrogen and oxygen atoms in total. The van der Waals surface area contributed by atoms with Gasteiger partial charge in [-0.25, -0.2) is 14.8 Å². The number of hydrogen-bond acceptors (Lipinski definition) is 8. The topological polar surface area (TPSA) is 105 Å². The van der Waals surface area contributed by atoms with Crippen molar-refractivity contribution in [1.82, 2.24) is 9.97 Å². The zero-order valence-electron chi connectivity index (χ0n) is 23.9. The van der Waals surface area contributed by atoms with Crippen molar-refractivity contribution in [2.45, 2.75) is 80.3 Å². The Bertz CT molecular complexity index is 1090. The number of esters is 3. The molecule has 0 fully saturated rings. The SMILES string of the molecule is COC(=O)c1cc(OC(=O)C(C)(C)C)c([Si](c2ncccn2)(C(C)C)C(C)C)c(OC(=O)C(C)(C)C)c1. The largest absolute Gasteiger partial charge is 0.465 e. The summed E-state index contributed by atoms with van der Waals surface area (Å²) in [7, 11) is -1.78. The number of ether oxygens (including phenoxy) is 3. The van der Waals surface area contributed by atoms with E-state index in [0.717, 1.165) is 0 Å². The highest BCUT2D eigenvalue weighted by molar-refractivity contribution is 7.04. The Hall–Kier alpha value is -3.07. The van der Waals surface area contributed by atoms with E-state index in [1.807, 2.05) is 0 Å². The summed E-state index contributed by atoms with van der Waals surface area (Å²) in [4.78, 5) is 48.3. The molecular weight excluding hydrogens is 488 g/mol. The van der Waals surface area contributed by atoms with Crippen LogP contribution < -0.4 is 20.1 Å². The van der Waals surface area contributed by atoms with Gasteiger partial charge >= 0.3 is 17.9 Å². The van der Waals surface area contributed by atoms with Gasteiger partial charge in [0, 0.05) is 17.6 Å². The van der Waals surface area contributed by atoms with E-state index in [0.29, 0.717) is 10.6 Å². The van der Waals surface area contributed by atoms with E-state index in [-0.39, 0.29) is 28.1 Å². The van der Waals surface area contributed by atoms with Gasteiger partial charge < -0.3 is 14.2 Å². The summed E-state index contributed by atoms with van der Waals surface area (Å²) in [6.45, 7) is 18.8. The first-order valence-electron chi connectivity index (χ1n) is 12.5. The van der Waals surface area contributed by atoms with Gasteiger partial charge in [-0.1, -0.05) is 27.7 Å². The van der Waals surface area contributed by atoms with Gasteiger partial charge in [-0.05, 0) is 70.8 Å². The van der Waals surface area contributed by atoms with Crippen molar-refractivity contribution < 1.29 is 28.6 Å². The number of nitrogens with zero attached hydrogens (tertiary/aromatic N) is 2. The van der Waals surface area contributed by atoms with Crippen LogP contribution >= 0.6 is 0 Å². The number of hydrogen-bond donors (Lipinski definition) is 0. The van der Waals surface area contributed by atoms with E-state index in [1.54, 1.807) is 60.0 Å². The van der Waals surface area contributed by atoms with Crippen molar-refractivity contribution in [3.8, 4) is 11.5 Å². The number of methoxy groups -OCH3 is 1. The van der Waals surface area contributed by atoms with Crippen LogP contribution in [0.1, 0.15) is 79.6 Å². The number of carbonyl (C=O) groups is 3. The van der Waals surface area contributed by atoms with Crippen molar-refractivity contribution in [2.24, 2.45) is 10.8 Å². The third-order valence-electron chi connectivity index (χ3n) is 6.29. The fourth-order valence-corrected chi connectivity index (χ4v) is 9.67. The molecule has 202 valence electrons. The molecule has 0 radical (unpaired) electrons. The zero-order valence-corrected chi connectivity index (χ0v) is 24.9. The minimum atomic E-state index is -3.04. The summed E-state index contributed by atoms with van der Waals surface area (Å²) < 4.78 is 17.0.